The fraction of sp³-hybridized carbons (Fsp3) is 0.125. The van der Waals surface area contributed by atoms with E-state index in [0.29, 0.717) is 6.54 Å². The second-order valence-electron chi connectivity index (χ2n) is 4.54. The number of fused-ring (bicyclic) bond motifs is 1. The third kappa shape index (κ3) is 2.94. The number of hydrogen-bond donors (Lipinski definition) is 1. The summed E-state index contributed by atoms with van der Waals surface area (Å²) < 4.78 is 13.2. The highest BCUT2D eigenvalue weighted by molar-refractivity contribution is 9.11. The molecule has 0 aliphatic heterocycles. The molecule has 0 saturated heterocycles. The van der Waals surface area contributed by atoms with Gasteiger partial charge in [-0.3, -0.25) is 0 Å². The normalized spacial score (nSPS) is 10.8. The first-order valence-corrected chi connectivity index (χ1v) is 8.01. The maximum absolute atomic E-state index is 5.87. The van der Waals surface area contributed by atoms with Crippen LogP contribution >= 0.6 is 31.9 Å². The molecule has 3 aromatic rings. The van der Waals surface area contributed by atoms with Gasteiger partial charge < -0.3 is 14.5 Å². The van der Waals surface area contributed by atoms with Crippen molar-refractivity contribution in [2.45, 2.75) is 6.54 Å². The number of para-hydroxylation sites is 2. The Labute approximate surface area is 139 Å². The van der Waals surface area contributed by atoms with Crippen molar-refractivity contribution in [3.8, 4) is 5.75 Å². The van der Waals surface area contributed by atoms with Crippen LogP contribution in [0.2, 0.25) is 0 Å². The molecule has 0 aliphatic rings. The number of anilines is 1. The monoisotopic (exact) mass is 409 g/mol. The van der Waals surface area contributed by atoms with Gasteiger partial charge >= 0.3 is 0 Å². The molecule has 5 heteroatoms. The Morgan fingerprint density at radius 2 is 1.81 bits per heavy atom. The van der Waals surface area contributed by atoms with Crippen LogP contribution in [0.3, 0.4) is 0 Å². The van der Waals surface area contributed by atoms with Gasteiger partial charge in [-0.05, 0) is 56.1 Å². The number of rotatable bonds is 4. The van der Waals surface area contributed by atoms with Crippen LogP contribution in [0.25, 0.3) is 11.0 Å². The number of ether oxygens (including phenoxy) is 1. The number of hydrogen-bond acceptors (Lipinski definition) is 3. The predicted molar refractivity (Wildman–Crippen MR) is 91.9 cm³/mol. The zero-order valence-corrected chi connectivity index (χ0v) is 14.5. The third-order valence-corrected chi connectivity index (χ3v) is 4.50. The SMILES string of the molecule is COc1cccc2cc(CNc3c(Br)cccc3Br)oc12. The Balaban J connectivity index is 1.86. The van der Waals surface area contributed by atoms with Crippen LogP contribution in [0.1, 0.15) is 5.76 Å². The molecule has 0 radical (unpaired) electrons. The van der Waals surface area contributed by atoms with E-state index in [1.54, 1.807) is 7.11 Å². The summed E-state index contributed by atoms with van der Waals surface area (Å²) in [5, 5.41) is 4.41. The minimum Gasteiger partial charge on any atom is -0.493 e. The molecule has 0 spiro atoms. The van der Waals surface area contributed by atoms with Gasteiger partial charge in [-0.2, -0.15) is 0 Å². The lowest BCUT2D eigenvalue weighted by Crippen LogP contribution is -1.99. The maximum Gasteiger partial charge on any atom is 0.176 e. The van der Waals surface area contributed by atoms with E-state index in [1.807, 2.05) is 42.5 Å². The van der Waals surface area contributed by atoms with Gasteiger partial charge in [-0.15, -0.1) is 0 Å². The molecule has 0 amide bonds. The highest BCUT2D eigenvalue weighted by atomic mass is 79.9. The van der Waals surface area contributed by atoms with Crippen molar-refractivity contribution >= 4 is 48.5 Å². The molecule has 21 heavy (non-hydrogen) atoms. The first kappa shape index (κ1) is 14.5. The van der Waals surface area contributed by atoms with Crippen molar-refractivity contribution in [3.63, 3.8) is 0 Å². The molecular formula is C16H13Br2NO2. The largest absolute Gasteiger partial charge is 0.493 e. The van der Waals surface area contributed by atoms with Crippen molar-refractivity contribution < 1.29 is 9.15 Å². The highest BCUT2D eigenvalue weighted by Gasteiger charge is 2.10. The summed E-state index contributed by atoms with van der Waals surface area (Å²) in [4.78, 5) is 0. The quantitative estimate of drug-likeness (QED) is 0.609. The number of nitrogens with one attached hydrogen (secondary N) is 1. The summed E-state index contributed by atoms with van der Waals surface area (Å²) >= 11 is 7.07. The van der Waals surface area contributed by atoms with E-state index >= 15 is 0 Å². The molecule has 0 fully saturated rings. The van der Waals surface area contributed by atoms with E-state index in [0.717, 1.165) is 37.1 Å². The summed E-state index contributed by atoms with van der Waals surface area (Å²) in [6.07, 6.45) is 0. The van der Waals surface area contributed by atoms with Crippen LogP contribution in [0, 0.1) is 0 Å². The Morgan fingerprint density at radius 3 is 2.52 bits per heavy atom. The van der Waals surface area contributed by atoms with Crippen LogP contribution in [0.4, 0.5) is 5.69 Å². The third-order valence-electron chi connectivity index (χ3n) is 3.18. The second-order valence-corrected chi connectivity index (χ2v) is 6.25. The smallest absolute Gasteiger partial charge is 0.176 e. The molecule has 3 rings (SSSR count). The van der Waals surface area contributed by atoms with Gasteiger partial charge in [-0.1, -0.05) is 18.2 Å². The maximum atomic E-state index is 5.87. The van der Waals surface area contributed by atoms with Crippen LogP contribution in [-0.4, -0.2) is 7.11 Å². The predicted octanol–water partition coefficient (Wildman–Crippen LogP) is 5.58. The van der Waals surface area contributed by atoms with Crippen molar-refractivity contribution in [3.05, 3.63) is 57.2 Å². The summed E-state index contributed by atoms with van der Waals surface area (Å²) in [6.45, 7) is 0.596. The average molecular weight is 411 g/mol. The lowest BCUT2D eigenvalue weighted by Gasteiger charge is -2.09. The fourth-order valence-corrected chi connectivity index (χ4v) is 3.46. The van der Waals surface area contributed by atoms with Gasteiger partial charge in [0.1, 0.15) is 5.76 Å². The Bertz CT molecular complexity index is 763. The first-order chi connectivity index (χ1) is 10.2. The molecule has 2 aromatic carbocycles. The lowest BCUT2D eigenvalue weighted by molar-refractivity contribution is 0.408. The van der Waals surface area contributed by atoms with Crippen LogP contribution in [0.5, 0.6) is 5.75 Å². The standard InChI is InChI=1S/C16H13Br2NO2/c1-20-14-7-2-4-10-8-11(21-16(10)14)9-19-15-12(17)5-3-6-13(15)18/h2-8,19H,9H2,1H3. The zero-order chi connectivity index (χ0) is 14.8. The van der Waals surface area contributed by atoms with E-state index in [4.69, 9.17) is 9.15 Å². The van der Waals surface area contributed by atoms with Crippen molar-refractivity contribution in [2.24, 2.45) is 0 Å². The van der Waals surface area contributed by atoms with E-state index < -0.39 is 0 Å². The molecule has 0 unspecified atom stereocenters. The summed E-state index contributed by atoms with van der Waals surface area (Å²) in [7, 11) is 1.65. The molecule has 1 N–H and O–H groups in total. The Kier molecular flexibility index (Phi) is 4.22. The molecular weight excluding hydrogens is 398 g/mol. The molecule has 108 valence electrons. The van der Waals surface area contributed by atoms with E-state index in [-0.39, 0.29) is 0 Å². The van der Waals surface area contributed by atoms with Crippen LogP contribution in [0.15, 0.2) is 55.8 Å². The van der Waals surface area contributed by atoms with Crippen LogP contribution in [-0.2, 0) is 6.54 Å². The molecule has 3 nitrogen and oxygen atoms in total. The van der Waals surface area contributed by atoms with E-state index in [1.165, 1.54) is 0 Å². The topological polar surface area (TPSA) is 34.4 Å². The number of benzene rings is 2. The number of furan rings is 1. The fourth-order valence-electron chi connectivity index (χ4n) is 2.18. The average Bonchev–Trinajstić information content (AvgIpc) is 2.89. The molecule has 0 bridgehead atoms. The van der Waals surface area contributed by atoms with Gasteiger partial charge in [0.2, 0.25) is 0 Å². The van der Waals surface area contributed by atoms with E-state index in [2.05, 4.69) is 37.2 Å². The van der Waals surface area contributed by atoms with Gasteiger partial charge in [-0.25, -0.2) is 0 Å². The van der Waals surface area contributed by atoms with Crippen molar-refractivity contribution in [1.29, 1.82) is 0 Å². The second kappa shape index (κ2) is 6.12. The summed E-state index contributed by atoms with van der Waals surface area (Å²) in [6, 6.07) is 13.9. The Morgan fingerprint density at radius 1 is 1.10 bits per heavy atom. The Hall–Kier alpha value is -1.46. The minimum absolute atomic E-state index is 0.596. The lowest BCUT2D eigenvalue weighted by atomic mass is 10.2. The molecule has 0 aliphatic carbocycles. The molecule has 0 atom stereocenters. The highest BCUT2D eigenvalue weighted by Crippen LogP contribution is 2.32. The van der Waals surface area contributed by atoms with Crippen molar-refractivity contribution in [1.82, 2.24) is 0 Å². The van der Waals surface area contributed by atoms with Crippen molar-refractivity contribution in [2.75, 3.05) is 12.4 Å². The summed E-state index contributed by atoms with van der Waals surface area (Å²) in [5.74, 6) is 1.61. The summed E-state index contributed by atoms with van der Waals surface area (Å²) in [5.41, 5.74) is 1.79. The van der Waals surface area contributed by atoms with Gasteiger partial charge in [0.15, 0.2) is 11.3 Å². The van der Waals surface area contributed by atoms with Gasteiger partial charge in [0.05, 0.1) is 19.3 Å². The minimum atomic E-state index is 0.596. The molecule has 0 saturated carbocycles. The van der Waals surface area contributed by atoms with Gasteiger partial charge in [0.25, 0.3) is 0 Å². The van der Waals surface area contributed by atoms with Crippen LogP contribution < -0.4 is 10.1 Å². The van der Waals surface area contributed by atoms with E-state index in [9.17, 15) is 0 Å². The number of methoxy groups -OCH3 is 1. The first-order valence-electron chi connectivity index (χ1n) is 6.42. The van der Waals surface area contributed by atoms with Gasteiger partial charge in [0, 0.05) is 14.3 Å². The molecule has 1 aromatic heterocycles. The molecule has 1 heterocycles. The number of halogens is 2. The zero-order valence-electron chi connectivity index (χ0n) is 11.3.